The van der Waals surface area contributed by atoms with Crippen molar-refractivity contribution >= 4 is 16.3 Å². The van der Waals surface area contributed by atoms with E-state index in [9.17, 15) is 0 Å². The van der Waals surface area contributed by atoms with E-state index in [4.69, 9.17) is 4.98 Å². The van der Waals surface area contributed by atoms with Crippen LogP contribution in [0.5, 0.6) is 0 Å². The van der Waals surface area contributed by atoms with Crippen LogP contribution >= 0.6 is 11.3 Å². The quantitative estimate of drug-likeness (QED) is 0.785. The van der Waals surface area contributed by atoms with Crippen molar-refractivity contribution in [3.05, 3.63) is 35.2 Å². The summed E-state index contributed by atoms with van der Waals surface area (Å²) in [5.41, 5.74) is 2.25. The van der Waals surface area contributed by atoms with E-state index in [1.807, 2.05) is 10.9 Å². The van der Waals surface area contributed by atoms with Gasteiger partial charge in [0.2, 0.25) is 0 Å². The van der Waals surface area contributed by atoms with Gasteiger partial charge in [-0.2, -0.15) is 10.1 Å². The summed E-state index contributed by atoms with van der Waals surface area (Å²) in [4.78, 5) is 5.72. The van der Waals surface area contributed by atoms with E-state index in [0.717, 1.165) is 35.3 Å². The number of rotatable bonds is 5. The zero-order valence-electron chi connectivity index (χ0n) is 12.0. The Labute approximate surface area is 122 Å². The molecule has 3 rings (SSSR count). The van der Waals surface area contributed by atoms with Crippen molar-refractivity contribution in [1.29, 1.82) is 0 Å². The topological polar surface area (TPSA) is 47.2 Å². The molecule has 1 N–H and O–H groups in total. The van der Waals surface area contributed by atoms with Crippen molar-refractivity contribution in [1.82, 2.24) is 24.5 Å². The second-order valence-corrected chi connectivity index (χ2v) is 5.93. The van der Waals surface area contributed by atoms with Gasteiger partial charge in [-0.25, -0.2) is 4.68 Å². The first-order chi connectivity index (χ1) is 9.70. The molecular formula is C14H19N5S. The Bertz CT molecular complexity index is 706. The number of aromatic nitrogens is 4. The van der Waals surface area contributed by atoms with Crippen LogP contribution in [0.2, 0.25) is 0 Å². The van der Waals surface area contributed by atoms with E-state index >= 15 is 0 Å². The molecule has 3 heterocycles. The third-order valence-corrected chi connectivity index (χ3v) is 4.06. The van der Waals surface area contributed by atoms with Crippen molar-refractivity contribution in [2.75, 3.05) is 6.54 Å². The van der Waals surface area contributed by atoms with Crippen LogP contribution in [0.3, 0.4) is 0 Å². The second kappa shape index (κ2) is 5.38. The maximum atomic E-state index is 4.71. The molecule has 20 heavy (non-hydrogen) atoms. The molecule has 0 atom stereocenters. The molecule has 0 aliphatic heterocycles. The Morgan fingerprint density at radius 3 is 2.90 bits per heavy atom. The molecular weight excluding hydrogens is 270 g/mol. The fourth-order valence-electron chi connectivity index (χ4n) is 2.18. The summed E-state index contributed by atoms with van der Waals surface area (Å²) in [6.07, 6.45) is 4.06. The van der Waals surface area contributed by atoms with Crippen LogP contribution in [-0.2, 0) is 6.54 Å². The van der Waals surface area contributed by atoms with Crippen LogP contribution in [0, 0.1) is 0 Å². The van der Waals surface area contributed by atoms with Gasteiger partial charge < -0.3 is 5.32 Å². The smallest absolute Gasteiger partial charge is 0.196 e. The van der Waals surface area contributed by atoms with E-state index in [-0.39, 0.29) is 0 Å². The van der Waals surface area contributed by atoms with Gasteiger partial charge in [-0.05, 0) is 18.5 Å². The van der Waals surface area contributed by atoms with E-state index in [1.54, 1.807) is 11.3 Å². The highest BCUT2D eigenvalue weighted by molar-refractivity contribution is 7.15. The summed E-state index contributed by atoms with van der Waals surface area (Å²) in [5.74, 6) is 1.35. The monoisotopic (exact) mass is 289 g/mol. The van der Waals surface area contributed by atoms with Gasteiger partial charge in [-0.15, -0.1) is 11.3 Å². The highest BCUT2D eigenvalue weighted by Gasteiger charge is 2.15. The van der Waals surface area contributed by atoms with Crippen molar-refractivity contribution in [2.45, 2.75) is 33.2 Å². The molecule has 6 heteroatoms. The number of thiazole rings is 1. The van der Waals surface area contributed by atoms with Crippen LogP contribution in [0.25, 0.3) is 10.8 Å². The third kappa shape index (κ3) is 2.25. The number of fused-ring (bicyclic) bond motifs is 1. The number of imidazole rings is 1. The lowest BCUT2D eigenvalue weighted by atomic mass is 10.1. The van der Waals surface area contributed by atoms with E-state index in [0.29, 0.717) is 5.92 Å². The average molecular weight is 289 g/mol. The van der Waals surface area contributed by atoms with E-state index < -0.39 is 0 Å². The lowest BCUT2D eigenvalue weighted by Crippen LogP contribution is -2.15. The molecule has 0 aliphatic carbocycles. The van der Waals surface area contributed by atoms with E-state index in [2.05, 4.69) is 53.2 Å². The maximum Gasteiger partial charge on any atom is 0.196 e. The van der Waals surface area contributed by atoms with Gasteiger partial charge in [0, 0.05) is 24.3 Å². The molecule has 0 aliphatic rings. The van der Waals surface area contributed by atoms with Crippen molar-refractivity contribution in [3.63, 3.8) is 0 Å². The Kier molecular flexibility index (Phi) is 3.58. The minimum Gasteiger partial charge on any atom is -0.311 e. The molecule has 0 fully saturated rings. The number of nitrogens with one attached hydrogen (secondary N) is 1. The zero-order chi connectivity index (χ0) is 14.1. The highest BCUT2D eigenvalue weighted by atomic mass is 32.1. The van der Waals surface area contributed by atoms with Gasteiger partial charge in [0.25, 0.3) is 0 Å². The fourth-order valence-corrected chi connectivity index (χ4v) is 2.90. The van der Waals surface area contributed by atoms with Gasteiger partial charge in [0.15, 0.2) is 10.8 Å². The lowest BCUT2D eigenvalue weighted by molar-refractivity contribution is 0.690. The number of hydrogen-bond acceptors (Lipinski definition) is 4. The predicted octanol–water partition coefficient (Wildman–Crippen LogP) is 2.81. The molecule has 5 nitrogen and oxygen atoms in total. The van der Waals surface area contributed by atoms with Gasteiger partial charge in [-0.3, -0.25) is 4.40 Å². The molecule has 3 aromatic heterocycles. The number of hydrogen-bond donors (Lipinski definition) is 1. The number of nitrogens with zero attached hydrogens (tertiary/aromatic N) is 4. The molecule has 0 bridgehead atoms. The second-order valence-electron chi connectivity index (χ2n) is 5.06. The van der Waals surface area contributed by atoms with E-state index in [1.165, 1.54) is 0 Å². The Morgan fingerprint density at radius 1 is 1.35 bits per heavy atom. The van der Waals surface area contributed by atoms with Crippen LogP contribution in [0.1, 0.15) is 38.1 Å². The molecule has 0 saturated heterocycles. The first-order valence-electron chi connectivity index (χ1n) is 6.91. The molecule has 0 spiro atoms. The molecule has 0 amide bonds. The summed E-state index contributed by atoms with van der Waals surface area (Å²) in [5, 5.41) is 10.1. The van der Waals surface area contributed by atoms with Gasteiger partial charge >= 0.3 is 0 Å². The summed E-state index contributed by atoms with van der Waals surface area (Å²) < 4.78 is 4.03. The Balaban J connectivity index is 2.06. The summed E-state index contributed by atoms with van der Waals surface area (Å²) >= 11 is 1.65. The summed E-state index contributed by atoms with van der Waals surface area (Å²) in [6, 6.07) is 2.06. The largest absolute Gasteiger partial charge is 0.311 e. The van der Waals surface area contributed by atoms with Crippen LogP contribution in [-0.4, -0.2) is 25.7 Å². The Morgan fingerprint density at radius 2 is 2.20 bits per heavy atom. The van der Waals surface area contributed by atoms with Crippen molar-refractivity contribution in [3.8, 4) is 5.82 Å². The minimum absolute atomic E-state index is 0.428. The minimum atomic E-state index is 0.428. The zero-order valence-corrected chi connectivity index (χ0v) is 12.8. The molecule has 0 saturated carbocycles. The third-order valence-electron chi connectivity index (χ3n) is 3.30. The van der Waals surface area contributed by atoms with Crippen LogP contribution < -0.4 is 5.32 Å². The lowest BCUT2D eigenvalue weighted by Gasteiger charge is -2.05. The summed E-state index contributed by atoms with van der Waals surface area (Å²) in [7, 11) is 0. The molecule has 106 valence electrons. The van der Waals surface area contributed by atoms with Crippen LogP contribution in [0.4, 0.5) is 0 Å². The van der Waals surface area contributed by atoms with Crippen LogP contribution in [0.15, 0.2) is 23.8 Å². The van der Waals surface area contributed by atoms with Gasteiger partial charge in [0.1, 0.15) is 0 Å². The average Bonchev–Trinajstić information content (AvgIpc) is 3.11. The molecule has 0 unspecified atom stereocenters. The SMILES string of the molecule is CCNCc1c(-n2ccc(C(C)C)n2)nc2sccn12. The van der Waals surface area contributed by atoms with Crippen molar-refractivity contribution in [2.24, 2.45) is 0 Å². The maximum absolute atomic E-state index is 4.71. The standard InChI is InChI=1S/C14H19N5S/c1-4-15-9-12-13(16-14-18(12)7-8-20-14)19-6-5-11(17-19)10(2)3/h5-8,10,15H,4,9H2,1-3H3. The van der Waals surface area contributed by atoms with Gasteiger partial charge in [-0.1, -0.05) is 20.8 Å². The van der Waals surface area contributed by atoms with Gasteiger partial charge in [0.05, 0.1) is 11.4 Å². The van der Waals surface area contributed by atoms with Crippen molar-refractivity contribution < 1.29 is 0 Å². The molecule has 0 aromatic carbocycles. The highest BCUT2D eigenvalue weighted by Crippen LogP contribution is 2.21. The molecule has 3 aromatic rings. The first kappa shape index (κ1) is 13.3. The normalized spacial score (nSPS) is 11.8. The molecule has 0 radical (unpaired) electrons. The first-order valence-corrected chi connectivity index (χ1v) is 7.79. The fraction of sp³-hybridized carbons (Fsp3) is 0.429. The summed E-state index contributed by atoms with van der Waals surface area (Å²) in [6.45, 7) is 8.14. The predicted molar refractivity (Wildman–Crippen MR) is 81.7 cm³/mol. The Hall–Kier alpha value is -1.66.